The van der Waals surface area contributed by atoms with E-state index in [2.05, 4.69) is 15.6 Å². The highest BCUT2D eigenvalue weighted by atomic mass is 16.2. The van der Waals surface area contributed by atoms with E-state index < -0.39 is 11.9 Å². The quantitative estimate of drug-likeness (QED) is 0.604. The summed E-state index contributed by atoms with van der Waals surface area (Å²) in [6.45, 7) is 2.34. The van der Waals surface area contributed by atoms with E-state index in [1.165, 1.54) is 4.90 Å². The lowest BCUT2D eigenvalue weighted by Gasteiger charge is -2.29. The number of carbonyl (C=O) groups excluding carboxylic acids is 4. The first-order valence-electron chi connectivity index (χ1n) is 10.9. The van der Waals surface area contributed by atoms with Crippen LogP contribution in [0.5, 0.6) is 0 Å². The van der Waals surface area contributed by atoms with Gasteiger partial charge in [-0.25, -0.2) is 4.98 Å². The molecule has 166 valence electrons. The van der Waals surface area contributed by atoms with Crippen molar-refractivity contribution in [1.29, 1.82) is 0 Å². The number of benzene rings is 2. The van der Waals surface area contributed by atoms with E-state index >= 15 is 0 Å². The van der Waals surface area contributed by atoms with E-state index in [0.717, 1.165) is 28.5 Å². The van der Waals surface area contributed by atoms with Crippen LogP contribution in [0.15, 0.2) is 48.5 Å². The average Bonchev–Trinajstić information content (AvgIpc) is 3.14. The second-order valence-corrected chi connectivity index (χ2v) is 8.26. The lowest BCUT2D eigenvalue weighted by Crippen LogP contribution is -2.52. The van der Waals surface area contributed by atoms with Crippen LogP contribution in [0.25, 0.3) is 10.9 Å². The van der Waals surface area contributed by atoms with E-state index in [-0.39, 0.29) is 24.1 Å². The van der Waals surface area contributed by atoms with Gasteiger partial charge in [0.25, 0.3) is 11.8 Å². The molecular weight excluding hydrogens is 420 g/mol. The number of aryl methyl sites for hydroxylation is 1. The number of hydrogen-bond acceptors (Lipinski definition) is 5. The number of anilines is 1. The summed E-state index contributed by atoms with van der Waals surface area (Å²) in [5.74, 6) is -1.42. The number of amides is 4. The third kappa shape index (κ3) is 3.73. The minimum absolute atomic E-state index is 0.205. The van der Waals surface area contributed by atoms with E-state index in [1.54, 1.807) is 24.3 Å². The molecular formula is C25H22N4O4. The Labute approximate surface area is 190 Å². The number of piperidine rings is 1. The molecule has 1 atom stereocenters. The lowest BCUT2D eigenvalue weighted by atomic mass is 10.0. The molecule has 0 spiro atoms. The molecule has 2 aromatic carbocycles. The van der Waals surface area contributed by atoms with Crippen molar-refractivity contribution in [3.63, 3.8) is 0 Å². The highest BCUT2D eigenvalue weighted by molar-refractivity contribution is 6.07. The van der Waals surface area contributed by atoms with Crippen LogP contribution in [0, 0.1) is 0 Å². The normalized spacial score (nSPS) is 17.8. The van der Waals surface area contributed by atoms with Gasteiger partial charge < -0.3 is 10.2 Å². The second kappa shape index (κ2) is 8.12. The Kier molecular flexibility index (Phi) is 5.12. The number of rotatable bonds is 4. The van der Waals surface area contributed by atoms with Crippen molar-refractivity contribution in [3.8, 4) is 0 Å². The molecule has 1 fully saturated rings. The number of pyridine rings is 1. The number of aromatic nitrogens is 1. The van der Waals surface area contributed by atoms with Gasteiger partial charge in [0, 0.05) is 29.6 Å². The fraction of sp³-hybridized carbons (Fsp3) is 0.240. The fourth-order valence-electron chi connectivity index (χ4n) is 4.45. The number of imide groups is 1. The summed E-state index contributed by atoms with van der Waals surface area (Å²) in [7, 11) is 0. The predicted molar refractivity (Wildman–Crippen MR) is 122 cm³/mol. The molecule has 5 rings (SSSR count). The van der Waals surface area contributed by atoms with Crippen molar-refractivity contribution in [2.24, 2.45) is 0 Å². The molecule has 2 aliphatic heterocycles. The van der Waals surface area contributed by atoms with Crippen LogP contribution in [0.4, 0.5) is 5.69 Å². The highest BCUT2D eigenvalue weighted by Gasteiger charge is 2.39. The standard InChI is InChI=1S/C25H22N4O4/c1-2-14-4-3-5-15-7-9-19(27-22(14)15)23(31)26-17-8-6-16-13-29(25(33)18(16)12-17)20-10-11-21(30)28-24(20)32/h3-9,12,20H,2,10-11,13H2,1H3,(H,26,31)(H,28,30,32). The van der Waals surface area contributed by atoms with Crippen molar-refractivity contribution >= 4 is 40.2 Å². The highest BCUT2D eigenvalue weighted by Crippen LogP contribution is 2.29. The molecule has 1 aromatic heterocycles. The molecule has 2 aliphatic rings. The van der Waals surface area contributed by atoms with Crippen LogP contribution < -0.4 is 10.6 Å². The van der Waals surface area contributed by atoms with Gasteiger partial charge in [-0.2, -0.15) is 0 Å². The van der Waals surface area contributed by atoms with Crippen molar-refractivity contribution < 1.29 is 19.2 Å². The first kappa shape index (κ1) is 20.8. The summed E-state index contributed by atoms with van der Waals surface area (Å²) in [6, 6.07) is 14.0. The van der Waals surface area contributed by atoms with Crippen LogP contribution >= 0.6 is 0 Å². The van der Waals surface area contributed by atoms with Gasteiger partial charge in [-0.15, -0.1) is 0 Å². The van der Waals surface area contributed by atoms with Gasteiger partial charge in [0.05, 0.1) is 5.52 Å². The Morgan fingerprint density at radius 3 is 2.79 bits per heavy atom. The lowest BCUT2D eigenvalue weighted by molar-refractivity contribution is -0.136. The smallest absolute Gasteiger partial charge is 0.274 e. The molecule has 1 saturated heterocycles. The molecule has 8 heteroatoms. The maximum absolute atomic E-state index is 13.0. The number of nitrogens with zero attached hydrogens (tertiary/aromatic N) is 2. The summed E-state index contributed by atoms with van der Waals surface area (Å²) >= 11 is 0. The summed E-state index contributed by atoms with van der Waals surface area (Å²) < 4.78 is 0. The largest absolute Gasteiger partial charge is 0.322 e. The number of para-hydroxylation sites is 1. The molecule has 8 nitrogen and oxygen atoms in total. The molecule has 0 saturated carbocycles. The van der Waals surface area contributed by atoms with Crippen LogP contribution in [-0.2, 0) is 22.6 Å². The minimum atomic E-state index is -0.671. The third-order valence-electron chi connectivity index (χ3n) is 6.20. The zero-order valence-electron chi connectivity index (χ0n) is 18.1. The molecule has 0 radical (unpaired) electrons. The van der Waals surface area contributed by atoms with Crippen LogP contribution in [0.2, 0.25) is 0 Å². The Hall–Kier alpha value is -4.07. The van der Waals surface area contributed by atoms with Gasteiger partial charge in [0.1, 0.15) is 11.7 Å². The molecule has 1 unspecified atom stereocenters. The van der Waals surface area contributed by atoms with Crippen molar-refractivity contribution in [1.82, 2.24) is 15.2 Å². The second-order valence-electron chi connectivity index (χ2n) is 8.26. The van der Waals surface area contributed by atoms with E-state index in [4.69, 9.17) is 0 Å². The molecule has 3 heterocycles. The van der Waals surface area contributed by atoms with Crippen molar-refractivity contribution in [2.45, 2.75) is 38.8 Å². The SMILES string of the molecule is CCc1cccc2ccc(C(=O)Nc3ccc4c(c3)C(=O)N(C3CCC(=O)NC3=O)C4)nc12. The van der Waals surface area contributed by atoms with Crippen molar-refractivity contribution in [3.05, 3.63) is 70.9 Å². The third-order valence-corrected chi connectivity index (χ3v) is 6.20. The maximum atomic E-state index is 13.0. The van der Waals surface area contributed by atoms with Crippen LogP contribution in [-0.4, -0.2) is 39.6 Å². The molecule has 3 aromatic rings. The van der Waals surface area contributed by atoms with Gasteiger partial charge in [-0.1, -0.05) is 37.3 Å². The monoisotopic (exact) mass is 442 g/mol. The number of carbonyl (C=O) groups is 4. The Morgan fingerprint density at radius 2 is 2.00 bits per heavy atom. The van der Waals surface area contributed by atoms with E-state index in [9.17, 15) is 19.2 Å². The van der Waals surface area contributed by atoms with Gasteiger partial charge in [-0.3, -0.25) is 24.5 Å². The number of nitrogens with one attached hydrogen (secondary N) is 2. The first-order chi connectivity index (χ1) is 15.9. The van der Waals surface area contributed by atoms with E-state index in [0.29, 0.717) is 29.9 Å². The van der Waals surface area contributed by atoms with Crippen molar-refractivity contribution in [2.75, 3.05) is 5.32 Å². The minimum Gasteiger partial charge on any atom is -0.322 e. The predicted octanol–water partition coefficient (Wildman–Crippen LogP) is 2.81. The van der Waals surface area contributed by atoms with Crippen LogP contribution in [0.1, 0.15) is 51.7 Å². The molecule has 0 aliphatic carbocycles. The topological polar surface area (TPSA) is 108 Å². The Bertz CT molecular complexity index is 1330. The molecule has 33 heavy (non-hydrogen) atoms. The first-order valence-corrected chi connectivity index (χ1v) is 10.9. The van der Waals surface area contributed by atoms with Gasteiger partial charge in [0.2, 0.25) is 11.8 Å². The fourth-order valence-corrected chi connectivity index (χ4v) is 4.45. The molecule has 0 bridgehead atoms. The molecule has 2 N–H and O–H groups in total. The summed E-state index contributed by atoms with van der Waals surface area (Å²) in [4.78, 5) is 55.5. The van der Waals surface area contributed by atoms with Gasteiger partial charge >= 0.3 is 0 Å². The number of fused-ring (bicyclic) bond motifs is 2. The Morgan fingerprint density at radius 1 is 1.15 bits per heavy atom. The zero-order valence-corrected chi connectivity index (χ0v) is 18.1. The van der Waals surface area contributed by atoms with Crippen LogP contribution in [0.3, 0.4) is 0 Å². The summed E-state index contributed by atoms with van der Waals surface area (Å²) in [5.41, 5.74) is 3.86. The molecule has 4 amide bonds. The van der Waals surface area contributed by atoms with E-state index in [1.807, 2.05) is 31.2 Å². The average molecular weight is 442 g/mol. The van der Waals surface area contributed by atoms with Gasteiger partial charge in [-0.05, 0) is 42.2 Å². The summed E-state index contributed by atoms with van der Waals surface area (Å²) in [6.07, 6.45) is 1.32. The zero-order chi connectivity index (χ0) is 23.1. The Balaban J connectivity index is 1.36. The van der Waals surface area contributed by atoms with Gasteiger partial charge in [0.15, 0.2) is 0 Å². The number of hydrogen-bond donors (Lipinski definition) is 2. The summed E-state index contributed by atoms with van der Waals surface area (Å²) in [5, 5.41) is 6.09. The maximum Gasteiger partial charge on any atom is 0.274 e.